The average molecular weight is 305 g/mol. The van der Waals surface area contributed by atoms with E-state index in [4.69, 9.17) is 11.6 Å². The Hall–Kier alpha value is -1.91. The van der Waals surface area contributed by atoms with Gasteiger partial charge in [-0.05, 0) is 41.9 Å². The molecule has 1 amide bonds. The molecule has 0 aromatic heterocycles. The fraction of sp³-hybridized carbons (Fsp3) is 0.188. The minimum Gasteiger partial charge on any atom is -0.326 e. The fourth-order valence-corrected chi connectivity index (χ4v) is 2.94. The standard InChI is InChI=1S/C16H14ClFN2O/c1-19-16(12-4-3-11(18)8-13(12)17)9-2-5-14-10(6-9)7-15(21)20-14/h2-6,8,16,19H,7H2,1H3,(H,20,21). The van der Waals surface area contributed by atoms with Gasteiger partial charge < -0.3 is 10.6 Å². The van der Waals surface area contributed by atoms with Crippen LogP contribution in [0.5, 0.6) is 0 Å². The Morgan fingerprint density at radius 1 is 1.29 bits per heavy atom. The molecule has 1 aliphatic rings. The minimum absolute atomic E-state index is 0.00275. The second-order valence-electron chi connectivity index (χ2n) is 5.03. The first-order chi connectivity index (χ1) is 10.1. The predicted octanol–water partition coefficient (Wildman–Crippen LogP) is 3.28. The molecule has 1 atom stereocenters. The lowest BCUT2D eigenvalue weighted by Crippen LogP contribution is -2.18. The maximum Gasteiger partial charge on any atom is 0.228 e. The topological polar surface area (TPSA) is 41.1 Å². The van der Waals surface area contributed by atoms with Crippen molar-refractivity contribution in [3.05, 3.63) is 63.9 Å². The number of fused-ring (bicyclic) bond motifs is 1. The monoisotopic (exact) mass is 304 g/mol. The third-order valence-corrected chi connectivity index (χ3v) is 3.98. The van der Waals surface area contributed by atoms with E-state index in [1.54, 1.807) is 6.07 Å². The molecule has 2 aromatic carbocycles. The summed E-state index contributed by atoms with van der Waals surface area (Å²) in [5, 5.41) is 6.37. The molecule has 0 saturated heterocycles. The average Bonchev–Trinajstić information content (AvgIpc) is 2.81. The number of carbonyl (C=O) groups is 1. The summed E-state index contributed by atoms with van der Waals surface area (Å²) in [6.45, 7) is 0. The summed E-state index contributed by atoms with van der Waals surface area (Å²) in [4.78, 5) is 11.4. The number of benzene rings is 2. The summed E-state index contributed by atoms with van der Waals surface area (Å²) in [7, 11) is 1.82. The van der Waals surface area contributed by atoms with Gasteiger partial charge in [-0.15, -0.1) is 0 Å². The molecule has 2 aromatic rings. The molecule has 2 N–H and O–H groups in total. The van der Waals surface area contributed by atoms with Gasteiger partial charge in [0.05, 0.1) is 12.5 Å². The molecule has 5 heteroatoms. The molecule has 3 rings (SSSR count). The summed E-state index contributed by atoms with van der Waals surface area (Å²) in [6.07, 6.45) is 0.386. The van der Waals surface area contributed by atoms with Crippen LogP contribution in [0.1, 0.15) is 22.7 Å². The molecule has 0 radical (unpaired) electrons. The lowest BCUT2D eigenvalue weighted by atomic mass is 9.96. The number of amides is 1. The van der Waals surface area contributed by atoms with Crippen molar-refractivity contribution in [1.82, 2.24) is 5.32 Å². The Morgan fingerprint density at radius 3 is 2.81 bits per heavy atom. The van der Waals surface area contributed by atoms with Crippen LogP contribution in [-0.2, 0) is 11.2 Å². The van der Waals surface area contributed by atoms with Crippen molar-refractivity contribution in [2.45, 2.75) is 12.5 Å². The Kier molecular flexibility index (Phi) is 3.66. The van der Waals surface area contributed by atoms with Crippen LogP contribution in [-0.4, -0.2) is 13.0 Å². The highest BCUT2D eigenvalue weighted by Gasteiger charge is 2.21. The first-order valence-corrected chi connectivity index (χ1v) is 7.01. The number of rotatable bonds is 3. The first kappa shape index (κ1) is 14.0. The molecular formula is C16H14ClFN2O. The highest BCUT2D eigenvalue weighted by molar-refractivity contribution is 6.31. The molecule has 0 saturated carbocycles. The second-order valence-corrected chi connectivity index (χ2v) is 5.44. The van der Waals surface area contributed by atoms with Crippen molar-refractivity contribution < 1.29 is 9.18 Å². The van der Waals surface area contributed by atoms with Crippen molar-refractivity contribution >= 4 is 23.2 Å². The zero-order valence-corrected chi connectivity index (χ0v) is 12.2. The highest BCUT2D eigenvalue weighted by atomic mass is 35.5. The first-order valence-electron chi connectivity index (χ1n) is 6.63. The van der Waals surface area contributed by atoms with Gasteiger partial charge in [-0.2, -0.15) is 0 Å². The molecule has 1 unspecified atom stereocenters. The van der Waals surface area contributed by atoms with Gasteiger partial charge in [-0.25, -0.2) is 4.39 Å². The molecule has 3 nitrogen and oxygen atoms in total. The second kappa shape index (κ2) is 5.47. The van der Waals surface area contributed by atoms with Gasteiger partial charge in [0.2, 0.25) is 5.91 Å². The van der Waals surface area contributed by atoms with E-state index in [2.05, 4.69) is 10.6 Å². The van der Waals surface area contributed by atoms with Crippen molar-refractivity contribution in [3.63, 3.8) is 0 Å². The number of hydrogen-bond acceptors (Lipinski definition) is 2. The maximum absolute atomic E-state index is 13.2. The van der Waals surface area contributed by atoms with Gasteiger partial charge in [0.15, 0.2) is 0 Å². The molecule has 21 heavy (non-hydrogen) atoms. The lowest BCUT2D eigenvalue weighted by Gasteiger charge is -2.19. The van der Waals surface area contributed by atoms with Crippen LogP contribution >= 0.6 is 11.6 Å². The predicted molar refractivity (Wildman–Crippen MR) is 81.1 cm³/mol. The molecule has 0 bridgehead atoms. The number of hydrogen-bond donors (Lipinski definition) is 2. The van der Waals surface area contributed by atoms with Gasteiger partial charge in [-0.1, -0.05) is 29.8 Å². The summed E-state index contributed by atoms with van der Waals surface area (Å²) in [6, 6.07) is 10.0. The Labute approximate surface area is 127 Å². The Balaban J connectivity index is 2.01. The van der Waals surface area contributed by atoms with E-state index in [0.29, 0.717) is 11.4 Å². The Morgan fingerprint density at radius 2 is 2.10 bits per heavy atom. The normalized spacial score (nSPS) is 14.7. The van der Waals surface area contributed by atoms with Crippen LogP contribution in [0.4, 0.5) is 10.1 Å². The summed E-state index contributed by atoms with van der Waals surface area (Å²) < 4.78 is 13.2. The van der Waals surface area contributed by atoms with Gasteiger partial charge >= 0.3 is 0 Å². The quantitative estimate of drug-likeness (QED) is 0.913. The van der Waals surface area contributed by atoms with E-state index < -0.39 is 0 Å². The van der Waals surface area contributed by atoms with Crippen molar-refractivity contribution in [3.8, 4) is 0 Å². The summed E-state index contributed by atoms with van der Waals surface area (Å²) in [5.74, 6) is -0.356. The zero-order valence-electron chi connectivity index (χ0n) is 11.4. The number of carbonyl (C=O) groups excluding carboxylic acids is 1. The third-order valence-electron chi connectivity index (χ3n) is 3.65. The molecular weight excluding hydrogens is 291 g/mol. The SMILES string of the molecule is CNC(c1ccc2c(c1)CC(=O)N2)c1ccc(F)cc1Cl. The number of anilines is 1. The van der Waals surface area contributed by atoms with Crippen LogP contribution in [0.15, 0.2) is 36.4 Å². The molecule has 1 aliphatic heterocycles. The number of halogens is 2. The van der Waals surface area contributed by atoms with Gasteiger partial charge in [-0.3, -0.25) is 4.79 Å². The zero-order chi connectivity index (χ0) is 15.0. The highest BCUT2D eigenvalue weighted by Crippen LogP contribution is 2.32. The number of nitrogens with one attached hydrogen (secondary N) is 2. The van der Waals surface area contributed by atoms with Gasteiger partial charge in [0.1, 0.15) is 5.82 Å². The van der Waals surface area contributed by atoms with Crippen LogP contribution in [0.3, 0.4) is 0 Å². The van der Waals surface area contributed by atoms with Crippen LogP contribution in [0.2, 0.25) is 5.02 Å². The van der Waals surface area contributed by atoms with Gasteiger partial charge in [0, 0.05) is 10.7 Å². The van der Waals surface area contributed by atoms with Crippen molar-refractivity contribution in [1.29, 1.82) is 0 Å². The molecule has 1 heterocycles. The van der Waals surface area contributed by atoms with Gasteiger partial charge in [0.25, 0.3) is 0 Å². The molecule has 0 aliphatic carbocycles. The lowest BCUT2D eigenvalue weighted by molar-refractivity contribution is -0.115. The third kappa shape index (κ3) is 2.64. The van der Waals surface area contributed by atoms with Crippen molar-refractivity contribution in [2.24, 2.45) is 0 Å². The summed E-state index contributed by atoms with van der Waals surface area (Å²) in [5.41, 5.74) is 3.61. The van der Waals surface area contributed by atoms with Crippen LogP contribution < -0.4 is 10.6 Å². The van der Waals surface area contributed by atoms with E-state index in [1.807, 2.05) is 25.2 Å². The van der Waals surface area contributed by atoms with E-state index in [0.717, 1.165) is 22.4 Å². The largest absolute Gasteiger partial charge is 0.326 e. The van der Waals surface area contributed by atoms with E-state index in [1.165, 1.54) is 12.1 Å². The van der Waals surface area contributed by atoms with Crippen LogP contribution in [0.25, 0.3) is 0 Å². The fourth-order valence-electron chi connectivity index (χ4n) is 2.67. The van der Waals surface area contributed by atoms with Crippen molar-refractivity contribution in [2.75, 3.05) is 12.4 Å². The maximum atomic E-state index is 13.2. The Bertz CT molecular complexity index is 717. The van der Waals surface area contributed by atoms with Crippen LogP contribution in [0, 0.1) is 5.82 Å². The molecule has 0 spiro atoms. The molecule has 108 valence electrons. The van der Waals surface area contributed by atoms with E-state index >= 15 is 0 Å². The molecule has 0 fully saturated rings. The van der Waals surface area contributed by atoms with E-state index in [9.17, 15) is 9.18 Å². The summed E-state index contributed by atoms with van der Waals surface area (Å²) >= 11 is 6.15. The van der Waals surface area contributed by atoms with E-state index in [-0.39, 0.29) is 17.8 Å². The smallest absolute Gasteiger partial charge is 0.228 e. The minimum atomic E-state index is -0.359.